The van der Waals surface area contributed by atoms with Gasteiger partial charge in [0.05, 0.1) is 22.5 Å². The van der Waals surface area contributed by atoms with E-state index >= 15 is 0 Å². The number of rotatable bonds is 4. The zero-order valence-electron chi connectivity index (χ0n) is 19.6. The Morgan fingerprint density at radius 1 is 1.21 bits per heavy atom. The number of thioether (sulfide) groups is 1. The second kappa shape index (κ2) is 9.19. The van der Waals surface area contributed by atoms with Crippen LogP contribution in [0.1, 0.15) is 55.5 Å². The number of anilines is 2. The Morgan fingerprint density at radius 2 is 1.94 bits per heavy atom. The summed E-state index contributed by atoms with van der Waals surface area (Å²) in [4.78, 5) is 47.8. The van der Waals surface area contributed by atoms with Crippen LogP contribution in [0.3, 0.4) is 0 Å². The van der Waals surface area contributed by atoms with Crippen molar-refractivity contribution in [1.29, 1.82) is 0 Å². The summed E-state index contributed by atoms with van der Waals surface area (Å²) in [7, 11) is 0. The van der Waals surface area contributed by atoms with E-state index in [4.69, 9.17) is 4.98 Å². The van der Waals surface area contributed by atoms with Crippen LogP contribution in [0.25, 0.3) is 10.2 Å². The summed E-state index contributed by atoms with van der Waals surface area (Å²) in [6.45, 7) is 5.89. The Balaban J connectivity index is 1.49. The van der Waals surface area contributed by atoms with Gasteiger partial charge in [-0.1, -0.05) is 36.7 Å². The number of benzene rings is 1. The molecular formula is C25H28N4O3S2. The maximum Gasteiger partial charge on any atom is 0.263 e. The minimum atomic E-state index is -0.271. The lowest BCUT2D eigenvalue weighted by Gasteiger charge is -2.28. The van der Waals surface area contributed by atoms with Gasteiger partial charge in [0, 0.05) is 23.4 Å². The van der Waals surface area contributed by atoms with Crippen molar-refractivity contribution in [3.05, 3.63) is 45.1 Å². The second-order valence-corrected chi connectivity index (χ2v) is 11.3. The molecule has 3 aromatic rings. The molecule has 1 aliphatic carbocycles. The fourth-order valence-electron chi connectivity index (χ4n) is 5.04. The molecule has 0 spiro atoms. The predicted molar refractivity (Wildman–Crippen MR) is 138 cm³/mol. The van der Waals surface area contributed by atoms with Crippen LogP contribution in [-0.4, -0.2) is 33.2 Å². The number of aromatic nitrogens is 2. The van der Waals surface area contributed by atoms with Gasteiger partial charge in [-0.2, -0.15) is 0 Å². The minimum absolute atomic E-state index is 0.0111. The quantitative estimate of drug-likeness (QED) is 0.404. The number of fused-ring (bicyclic) bond motifs is 2. The van der Waals surface area contributed by atoms with E-state index in [0.717, 1.165) is 41.0 Å². The Kier molecular flexibility index (Phi) is 6.24. The molecule has 3 heterocycles. The first-order valence-corrected chi connectivity index (χ1v) is 13.5. The Hall–Kier alpha value is -2.65. The molecule has 0 bridgehead atoms. The first-order valence-electron chi connectivity index (χ1n) is 11.7. The van der Waals surface area contributed by atoms with Gasteiger partial charge < -0.3 is 10.2 Å². The van der Waals surface area contributed by atoms with E-state index in [1.807, 2.05) is 49.6 Å². The van der Waals surface area contributed by atoms with Gasteiger partial charge in [-0.3, -0.25) is 19.0 Å². The molecule has 1 N–H and O–H groups in total. The van der Waals surface area contributed by atoms with Crippen molar-refractivity contribution in [2.75, 3.05) is 16.0 Å². The average molecular weight is 497 g/mol. The lowest BCUT2D eigenvalue weighted by Crippen LogP contribution is -2.40. The Labute approximate surface area is 206 Å². The summed E-state index contributed by atoms with van der Waals surface area (Å²) < 4.78 is 1.84. The third-order valence-electron chi connectivity index (χ3n) is 6.85. The predicted octanol–water partition coefficient (Wildman–Crippen LogP) is 5.05. The minimum Gasteiger partial charge on any atom is -0.324 e. The number of hydrogen-bond acceptors (Lipinski definition) is 6. The molecule has 9 heteroatoms. The summed E-state index contributed by atoms with van der Waals surface area (Å²) >= 11 is 2.86. The van der Waals surface area contributed by atoms with Crippen LogP contribution in [0.5, 0.6) is 0 Å². The first-order chi connectivity index (χ1) is 16.3. The number of amides is 2. The van der Waals surface area contributed by atoms with Crippen molar-refractivity contribution in [3.8, 4) is 0 Å². The van der Waals surface area contributed by atoms with Crippen LogP contribution in [0.4, 0.5) is 11.4 Å². The number of carbonyl (C=O) groups excluding carboxylic acids is 2. The maximum absolute atomic E-state index is 13.6. The summed E-state index contributed by atoms with van der Waals surface area (Å²) in [5.41, 5.74) is 2.36. The van der Waals surface area contributed by atoms with E-state index in [1.54, 1.807) is 4.90 Å². The molecule has 2 amide bonds. The van der Waals surface area contributed by atoms with Crippen LogP contribution in [-0.2, 0) is 9.59 Å². The van der Waals surface area contributed by atoms with Crippen LogP contribution < -0.4 is 15.8 Å². The standard InChI is InChI=1S/C25H28N4O3S2/c1-14-12-20(30)26-18-10-6-7-11-19(18)28(14)21(31)13-33-25-27-23-22(15(2)16(3)34-23)24(32)29(25)17-8-4-5-9-17/h6-7,10-11,14,17H,4-5,8-9,12-13H2,1-3H3,(H,26,30). The lowest BCUT2D eigenvalue weighted by atomic mass is 10.2. The van der Waals surface area contributed by atoms with Crippen molar-refractivity contribution >= 4 is 56.5 Å². The molecule has 5 rings (SSSR count). The monoisotopic (exact) mass is 496 g/mol. The van der Waals surface area contributed by atoms with Crippen molar-refractivity contribution < 1.29 is 9.59 Å². The van der Waals surface area contributed by atoms with E-state index in [0.29, 0.717) is 21.9 Å². The molecule has 1 unspecified atom stereocenters. The highest BCUT2D eigenvalue weighted by atomic mass is 32.2. The summed E-state index contributed by atoms with van der Waals surface area (Å²) in [6, 6.07) is 7.24. The molecule has 1 aliphatic heterocycles. The zero-order valence-corrected chi connectivity index (χ0v) is 21.2. The van der Waals surface area contributed by atoms with Gasteiger partial charge in [0.1, 0.15) is 4.83 Å². The van der Waals surface area contributed by atoms with Crippen molar-refractivity contribution in [2.24, 2.45) is 0 Å². The van der Waals surface area contributed by atoms with Gasteiger partial charge in [0.15, 0.2) is 5.16 Å². The highest BCUT2D eigenvalue weighted by molar-refractivity contribution is 7.99. The maximum atomic E-state index is 13.6. The van der Waals surface area contributed by atoms with E-state index in [1.165, 1.54) is 23.1 Å². The SMILES string of the molecule is Cc1sc2nc(SCC(=O)N3c4ccccc4NC(=O)CC3C)n(C3CCCC3)c(=O)c2c1C. The molecule has 1 aromatic carbocycles. The van der Waals surface area contributed by atoms with E-state index in [-0.39, 0.29) is 41.6 Å². The van der Waals surface area contributed by atoms with Crippen LogP contribution >= 0.6 is 23.1 Å². The molecule has 1 atom stereocenters. The van der Waals surface area contributed by atoms with E-state index in [9.17, 15) is 14.4 Å². The zero-order chi connectivity index (χ0) is 24.0. The molecule has 1 saturated carbocycles. The first kappa shape index (κ1) is 23.1. The van der Waals surface area contributed by atoms with Crippen LogP contribution in [0.15, 0.2) is 34.2 Å². The molecule has 1 fully saturated rings. The smallest absolute Gasteiger partial charge is 0.263 e. The van der Waals surface area contributed by atoms with Gasteiger partial charge in [-0.25, -0.2) is 4.98 Å². The Morgan fingerprint density at radius 3 is 2.71 bits per heavy atom. The van der Waals surface area contributed by atoms with Gasteiger partial charge in [0.25, 0.3) is 5.56 Å². The summed E-state index contributed by atoms with van der Waals surface area (Å²) in [5, 5.41) is 4.22. The third-order valence-corrected chi connectivity index (χ3v) is 8.88. The number of nitrogens with zero attached hydrogens (tertiary/aromatic N) is 3. The summed E-state index contributed by atoms with van der Waals surface area (Å²) in [6.07, 6.45) is 4.35. The van der Waals surface area contributed by atoms with Gasteiger partial charge >= 0.3 is 0 Å². The molecule has 2 aromatic heterocycles. The molecular weight excluding hydrogens is 468 g/mol. The number of hydrogen-bond donors (Lipinski definition) is 1. The van der Waals surface area contributed by atoms with Crippen molar-refractivity contribution in [3.63, 3.8) is 0 Å². The fourth-order valence-corrected chi connectivity index (χ4v) is 7.03. The third kappa shape index (κ3) is 4.05. The van der Waals surface area contributed by atoms with Gasteiger partial charge in [-0.05, 0) is 51.3 Å². The van der Waals surface area contributed by atoms with Crippen molar-refractivity contribution in [2.45, 2.75) is 70.1 Å². The van der Waals surface area contributed by atoms with E-state index in [2.05, 4.69) is 5.32 Å². The molecule has 0 radical (unpaired) electrons. The fraction of sp³-hybridized carbons (Fsp3) is 0.440. The molecule has 0 saturated heterocycles. The second-order valence-electron chi connectivity index (χ2n) is 9.14. The number of aryl methyl sites for hydroxylation is 2. The van der Waals surface area contributed by atoms with Crippen molar-refractivity contribution in [1.82, 2.24) is 9.55 Å². The Bertz CT molecular complexity index is 1340. The average Bonchev–Trinajstić information content (AvgIpc) is 3.38. The molecule has 2 aliphatic rings. The van der Waals surface area contributed by atoms with E-state index < -0.39 is 0 Å². The number of para-hydroxylation sites is 2. The highest BCUT2D eigenvalue weighted by Crippen LogP contribution is 2.36. The number of nitrogens with one attached hydrogen (secondary N) is 1. The van der Waals surface area contributed by atoms with Crippen LogP contribution in [0, 0.1) is 13.8 Å². The topological polar surface area (TPSA) is 84.3 Å². The largest absolute Gasteiger partial charge is 0.324 e. The van der Waals surface area contributed by atoms with Gasteiger partial charge in [0.2, 0.25) is 11.8 Å². The molecule has 178 valence electrons. The number of thiophene rings is 1. The molecule has 7 nitrogen and oxygen atoms in total. The van der Waals surface area contributed by atoms with Gasteiger partial charge in [-0.15, -0.1) is 11.3 Å². The molecule has 34 heavy (non-hydrogen) atoms. The number of carbonyl (C=O) groups is 2. The normalized spacial score (nSPS) is 18.7. The highest BCUT2D eigenvalue weighted by Gasteiger charge is 2.31. The van der Waals surface area contributed by atoms with Crippen LogP contribution in [0.2, 0.25) is 0 Å². The lowest BCUT2D eigenvalue weighted by molar-refractivity contribution is -0.117. The summed E-state index contributed by atoms with van der Waals surface area (Å²) in [5.74, 6) is -0.0678.